The van der Waals surface area contributed by atoms with Crippen molar-refractivity contribution < 1.29 is 14.3 Å². The largest absolute Gasteiger partial charge is 0.487 e. The number of carbonyl (C=O) groups excluding carboxylic acids is 1. The molecule has 0 unspecified atom stereocenters. The first-order chi connectivity index (χ1) is 14.9. The molecule has 166 valence electrons. The third-order valence-electron chi connectivity index (χ3n) is 7.50. The number of hydrogen-bond donors (Lipinski definition) is 0. The van der Waals surface area contributed by atoms with E-state index in [0.717, 1.165) is 57.7 Å². The number of ether oxygens (including phenoxy) is 2. The van der Waals surface area contributed by atoms with Crippen LogP contribution in [0.25, 0.3) is 0 Å². The molecule has 0 saturated carbocycles. The Morgan fingerprint density at radius 1 is 1.19 bits per heavy atom. The number of nitrogens with zero attached hydrogens (tertiary/aromatic N) is 3. The maximum atomic E-state index is 13.0. The van der Waals surface area contributed by atoms with Crippen LogP contribution in [0.1, 0.15) is 68.6 Å². The summed E-state index contributed by atoms with van der Waals surface area (Å²) in [5.41, 5.74) is 1.58. The zero-order valence-electron chi connectivity index (χ0n) is 18.8. The Morgan fingerprint density at radius 2 is 1.97 bits per heavy atom. The number of aromatic nitrogens is 2. The van der Waals surface area contributed by atoms with Gasteiger partial charge in [0, 0.05) is 37.3 Å². The summed E-state index contributed by atoms with van der Waals surface area (Å²) < 4.78 is 14.8. The van der Waals surface area contributed by atoms with Crippen molar-refractivity contribution in [3.8, 4) is 5.75 Å². The number of para-hydroxylation sites is 1. The highest BCUT2D eigenvalue weighted by Crippen LogP contribution is 2.55. The lowest BCUT2D eigenvalue weighted by molar-refractivity contribution is -0.173. The van der Waals surface area contributed by atoms with Gasteiger partial charge in [-0.2, -0.15) is 5.10 Å². The molecule has 2 saturated heterocycles. The van der Waals surface area contributed by atoms with E-state index in [1.54, 1.807) is 0 Å². The van der Waals surface area contributed by atoms with E-state index in [1.165, 1.54) is 5.56 Å². The van der Waals surface area contributed by atoms with Crippen molar-refractivity contribution in [1.29, 1.82) is 0 Å². The van der Waals surface area contributed by atoms with Gasteiger partial charge in [-0.15, -0.1) is 0 Å². The molecule has 6 nitrogen and oxygen atoms in total. The van der Waals surface area contributed by atoms with E-state index in [-0.39, 0.29) is 23.0 Å². The predicted molar refractivity (Wildman–Crippen MR) is 118 cm³/mol. The number of rotatable bonds is 3. The molecule has 1 aromatic heterocycles. The molecule has 0 bridgehead atoms. The number of hydrogen-bond acceptors (Lipinski definition) is 4. The second-order valence-electron chi connectivity index (χ2n) is 10.0. The third kappa shape index (κ3) is 3.65. The summed E-state index contributed by atoms with van der Waals surface area (Å²) in [6, 6.07) is 10.1. The molecule has 0 aliphatic carbocycles. The van der Waals surface area contributed by atoms with Gasteiger partial charge in [-0.1, -0.05) is 25.1 Å². The Labute approximate surface area is 184 Å². The molecule has 3 aliphatic heterocycles. The van der Waals surface area contributed by atoms with Crippen molar-refractivity contribution >= 4 is 5.91 Å². The zero-order valence-corrected chi connectivity index (χ0v) is 18.8. The Hall–Kier alpha value is -2.34. The number of amides is 1. The lowest BCUT2D eigenvalue weighted by Crippen LogP contribution is -2.54. The van der Waals surface area contributed by atoms with E-state index in [4.69, 9.17) is 9.47 Å². The van der Waals surface area contributed by atoms with Crippen LogP contribution < -0.4 is 4.74 Å². The summed E-state index contributed by atoms with van der Waals surface area (Å²) in [6.07, 6.45) is 6.01. The zero-order chi connectivity index (χ0) is 21.6. The highest BCUT2D eigenvalue weighted by Gasteiger charge is 2.52. The maximum Gasteiger partial charge on any atom is 0.274 e. The fourth-order valence-corrected chi connectivity index (χ4v) is 5.62. The van der Waals surface area contributed by atoms with Gasteiger partial charge in [-0.3, -0.25) is 9.48 Å². The maximum absolute atomic E-state index is 13.0. The molecule has 31 heavy (non-hydrogen) atoms. The predicted octanol–water partition coefficient (Wildman–Crippen LogP) is 4.46. The van der Waals surface area contributed by atoms with Crippen LogP contribution in [-0.2, 0) is 11.3 Å². The van der Waals surface area contributed by atoms with Crippen molar-refractivity contribution in [2.24, 2.45) is 11.3 Å². The van der Waals surface area contributed by atoms with Gasteiger partial charge in [-0.25, -0.2) is 0 Å². The molecule has 2 aromatic rings. The average molecular weight is 424 g/mol. The van der Waals surface area contributed by atoms with Gasteiger partial charge in [-0.05, 0) is 57.1 Å². The summed E-state index contributed by atoms with van der Waals surface area (Å²) in [7, 11) is 0. The molecular formula is C25H33N3O3. The number of benzene rings is 1. The third-order valence-corrected chi connectivity index (χ3v) is 7.50. The van der Waals surface area contributed by atoms with Gasteiger partial charge in [0.2, 0.25) is 0 Å². The second-order valence-corrected chi connectivity index (χ2v) is 10.0. The Kier molecular flexibility index (Phi) is 5.08. The average Bonchev–Trinajstić information content (AvgIpc) is 3.23. The van der Waals surface area contributed by atoms with Gasteiger partial charge >= 0.3 is 0 Å². The number of aryl methyl sites for hydroxylation is 1. The number of piperidine rings is 1. The molecule has 0 N–H and O–H groups in total. The SMILES string of the molecule is CCCn1ccc(C(=O)N2CCC3(CC2)CO[C@@H]2c4ccccc4OC(C)(C)[C@H]2C3)n1. The first-order valence-electron chi connectivity index (χ1n) is 11.6. The van der Waals surface area contributed by atoms with Crippen molar-refractivity contribution in [3.63, 3.8) is 0 Å². The minimum absolute atomic E-state index is 0.0505. The van der Waals surface area contributed by atoms with Crippen LogP contribution in [0, 0.1) is 11.3 Å². The quantitative estimate of drug-likeness (QED) is 0.731. The highest BCUT2D eigenvalue weighted by molar-refractivity contribution is 5.92. The van der Waals surface area contributed by atoms with Crippen molar-refractivity contribution in [1.82, 2.24) is 14.7 Å². The van der Waals surface area contributed by atoms with E-state index in [9.17, 15) is 4.79 Å². The highest BCUT2D eigenvalue weighted by atomic mass is 16.5. The number of fused-ring (bicyclic) bond motifs is 3. The fraction of sp³-hybridized carbons (Fsp3) is 0.600. The molecule has 1 spiro atoms. The molecule has 4 heterocycles. The van der Waals surface area contributed by atoms with E-state index in [0.29, 0.717) is 11.6 Å². The standard InChI is InChI=1S/C25H33N3O3/c1-4-12-28-13-9-20(26-28)23(29)27-14-10-25(11-15-27)16-19-22(30-17-25)18-7-5-6-8-21(18)31-24(19,2)3/h5-9,13,19,22H,4,10-12,14-17H2,1-3H3/t19-,22+/m0/s1. The summed E-state index contributed by atoms with van der Waals surface area (Å²) in [5.74, 6) is 1.31. The smallest absolute Gasteiger partial charge is 0.274 e. The molecular weight excluding hydrogens is 390 g/mol. The number of carbonyl (C=O) groups is 1. The Morgan fingerprint density at radius 3 is 2.74 bits per heavy atom. The first kappa shape index (κ1) is 20.6. The van der Waals surface area contributed by atoms with Crippen LogP contribution >= 0.6 is 0 Å². The lowest BCUT2D eigenvalue weighted by Gasteiger charge is -2.54. The minimum Gasteiger partial charge on any atom is -0.487 e. The van der Waals surface area contributed by atoms with Crippen molar-refractivity contribution in [2.75, 3.05) is 19.7 Å². The van der Waals surface area contributed by atoms with Crippen LogP contribution in [0.2, 0.25) is 0 Å². The molecule has 0 radical (unpaired) electrons. The van der Waals surface area contributed by atoms with Crippen LogP contribution in [0.5, 0.6) is 5.75 Å². The summed E-state index contributed by atoms with van der Waals surface area (Å²) >= 11 is 0. The van der Waals surface area contributed by atoms with E-state index in [1.807, 2.05) is 34.0 Å². The topological polar surface area (TPSA) is 56.6 Å². The van der Waals surface area contributed by atoms with E-state index in [2.05, 4.69) is 38.0 Å². The van der Waals surface area contributed by atoms with E-state index < -0.39 is 0 Å². The molecule has 1 amide bonds. The van der Waals surface area contributed by atoms with Gasteiger partial charge in [0.15, 0.2) is 0 Å². The summed E-state index contributed by atoms with van der Waals surface area (Å²) in [4.78, 5) is 14.9. The lowest BCUT2D eigenvalue weighted by atomic mass is 9.64. The van der Waals surface area contributed by atoms with Gasteiger partial charge in [0.1, 0.15) is 17.0 Å². The van der Waals surface area contributed by atoms with Crippen LogP contribution in [-0.4, -0.2) is 45.9 Å². The monoisotopic (exact) mass is 423 g/mol. The molecule has 1 aromatic carbocycles. The van der Waals surface area contributed by atoms with Crippen LogP contribution in [0.15, 0.2) is 36.5 Å². The number of likely N-dealkylation sites (tertiary alicyclic amines) is 1. The second kappa shape index (κ2) is 7.66. The fourth-order valence-electron chi connectivity index (χ4n) is 5.62. The molecule has 2 fully saturated rings. The normalized spacial score (nSPS) is 26.1. The Balaban J connectivity index is 1.28. The van der Waals surface area contributed by atoms with Gasteiger partial charge in [0.05, 0.1) is 12.7 Å². The van der Waals surface area contributed by atoms with E-state index >= 15 is 0 Å². The van der Waals surface area contributed by atoms with Crippen LogP contribution in [0.4, 0.5) is 0 Å². The first-order valence-corrected chi connectivity index (χ1v) is 11.6. The minimum atomic E-state index is -0.272. The van der Waals surface area contributed by atoms with Crippen molar-refractivity contribution in [2.45, 2.75) is 64.7 Å². The van der Waals surface area contributed by atoms with Crippen LogP contribution in [0.3, 0.4) is 0 Å². The summed E-state index contributed by atoms with van der Waals surface area (Å²) in [5, 5.41) is 4.46. The summed E-state index contributed by atoms with van der Waals surface area (Å²) in [6.45, 7) is 9.61. The molecule has 5 rings (SSSR count). The van der Waals surface area contributed by atoms with Gasteiger partial charge < -0.3 is 14.4 Å². The van der Waals surface area contributed by atoms with Gasteiger partial charge in [0.25, 0.3) is 5.91 Å². The Bertz CT molecular complexity index is 958. The van der Waals surface area contributed by atoms with Crippen molar-refractivity contribution in [3.05, 3.63) is 47.8 Å². The molecule has 3 aliphatic rings. The molecule has 2 atom stereocenters. The molecule has 6 heteroatoms.